The van der Waals surface area contributed by atoms with Gasteiger partial charge in [-0.25, -0.2) is 4.98 Å². The molecule has 0 aliphatic heterocycles. The number of rotatable bonds is 1. The van der Waals surface area contributed by atoms with E-state index < -0.39 is 0 Å². The van der Waals surface area contributed by atoms with Crippen LogP contribution in [0.25, 0.3) is 5.13 Å². The minimum Gasteiger partial charge on any atom is -0.225 e. The summed E-state index contributed by atoms with van der Waals surface area (Å²) in [5, 5.41) is 11.6. The number of nitrogens with zero attached hydrogens (tertiary/aromatic N) is 5. The molecular formula is C5H4ClN5S. The fourth-order valence-corrected chi connectivity index (χ4v) is 1.65. The summed E-state index contributed by atoms with van der Waals surface area (Å²) in [4.78, 5) is 4.03. The van der Waals surface area contributed by atoms with Crippen LogP contribution in [0.1, 0.15) is 5.82 Å². The van der Waals surface area contributed by atoms with Crippen molar-refractivity contribution in [1.29, 1.82) is 0 Å². The van der Waals surface area contributed by atoms with Gasteiger partial charge in [0.05, 0.1) is 6.20 Å². The monoisotopic (exact) mass is 201 g/mol. The summed E-state index contributed by atoms with van der Waals surface area (Å²) >= 11 is 7.04. The first kappa shape index (κ1) is 7.63. The van der Waals surface area contributed by atoms with Gasteiger partial charge in [-0.05, 0) is 17.4 Å². The summed E-state index contributed by atoms with van der Waals surface area (Å²) < 4.78 is 2.16. The van der Waals surface area contributed by atoms with Crippen molar-refractivity contribution in [2.75, 3.05) is 0 Å². The van der Waals surface area contributed by atoms with Crippen LogP contribution in [-0.4, -0.2) is 25.2 Å². The molecule has 0 aliphatic carbocycles. The molecule has 7 heteroatoms. The number of tetrazole rings is 1. The van der Waals surface area contributed by atoms with Gasteiger partial charge < -0.3 is 0 Å². The zero-order chi connectivity index (χ0) is 8.55. The summed E-state index contributed by atoms with van der Waals surface area (Å²) in [7, 11) is 0. The third-order valence-corrected chi connectivity index (χ3v) is 2.36. The third-order valence-electron chi connectivity index (χ3n) is 1.27. The van der Waals surface area contributed by atoms with Crippen LogP contribution >= 0.6 is 22.9 Å². The molecule has 0 fully saturated rings. The van der Waals surface area contributed by atoms with Crippen LogP contribution in [-0.2, 0) is 0 Å². The summed E-state index contributed by atoms with van der Waals surface area (Å²) in [5.74, 6) is 0.695. The van der Waals surface area contributed by atoms with Crippen molar-refractivity contribution in [3.8, 4) is 5.13 Å². The third kappa shape index (κ3) is 1.19. The molecule has 0 aromatic carbocycles. The quantitative estimate of drug-likeness (QED) is 0.693. The Hall–Kier alpha value is -1.01. The highest BCUT2D eigenvalue weighted by molar-refractivity contribution is 7.18. The topological polar surface area (TPSA) is 56.5 Å². The number of aromatic nitrogens is 5. The van der Waals surface area contributed by atoms with Gasteiger partial charge in [0.25, 0.3) is 0 Å². The normalized spacial score (nSPS) is 10.5. The summed E-state index contributed by atoms with van der Waals surface area (Å²) in [6, 6.07) is 0. The van der Waals surface area contributed by atoms with Crippen molar-refractivity contribution < 1.29 is 0 Å². The minimum absolute atomic E-state index is 0.625. The lowest BCUT2D eigenvalue weighted by atomic mass is 10.7. The first-order chi connectivity index (χ1) is 5.77. The highest BCUT2D eigenvalue weighted by Crippen LogP contribution is 2.21. The molecule has 0 unspecified atom stereocenters. The number of hydrogen-bond donors (Lipinski definition) is 0. The van der Waals surface area contributed by atoms with Crippen molar-refractivity contribution in [2.24, 2.45) is 0 Å². The molecule has 12 heavy (non-hydrogen) atoms. The lowest BCUT2D eigenvalue weighted by Crippen LogP contribution is -1.97. The molecule has 0 amide bonds. The average molecular weight is 202 g/mol. The van der Waals surface area contributed by atoms with Crippen LogP contribution in [0.4, 0.5) is 0 Å². The molecule has 5 nitrogen and oxygen atoms in total. The van der Waals surface area contributed by atoms with Gasteiger partial charge >= 0.3 is 0 Å². The average Bonchev–Trinajstić information content (AvgIpc) is 2.58. The smallest absolute Gasteiger partial charge is 0.215 e. The van der Waals surface area contributed by atoms with E-state index in [4.69, 9.17) is 11.6 Å². The first-order valence-electron chi connectivity index (χ1n) is 3.14. The molecule has 0 saturated carbocycles. The van der Waals surface area contributed by atoms with E-state index in [1.165, 1.54) is 16.0 Å². The standard InChI is InChI=1S/C5H4ClN5S/c1-3-8-9-10-11(3)5-7-2-4(6)12-5/h2H,1H3. The van der Waals surface area contributed by atoms with Gasteiger partial charge in [0.2, 0.25) is 5.13 Å². The molecule has 0 N–H and O–H groups in total. The Balaban J connectivity index is 2.50. The Morgan fingerprint density at radius 3 is 2.92 bits per heavy atom. The molecule has 62 valence electrons. The Morgan fingerprint density at radius 2 is 2.42 bits per heavy atom. The Morgan fingerprint density at radius 1 is 1.58 bits per heavy atom. The SMILES string of the molecule is Cc1nnnn1-c1ncc(Cl)s1. The number of halogens is 1. The van der Waals surface area contributed by atoms with Crippen LogP contribution in [0.2, 0.25) is 4.34 Å². The van der Waals surface area contributed by atoms with Crippen molar-refractivity contribution in [2.45, 2.75) is 6.92 Å². The van der Waals surface area contributed by atoms with Crippen molar-refractivity contribution >= 4 is 22.9 Å². The molecule has 0 saturated heterocycles. The fraction of sp³-hybridized carbons (Fsp3) is 0.200. The Kier molecular flexibility index (Phi) is 1.78. The van der Waals surface area contributed by atoms with Crippen LogP contribution in [0.5, 0.6) is 0 Å². The molecular weight excluding hydrogens is 198 g/mol. The lowest BCUT2D eigenvalue weighted by Gasteiger charge is -1.91. The number of thiazole rings is 1. The predicted octanol–water partition coefficient (Wildman–Crippen LogP) is 1.08. The van der Waals surface area contributed by atoms with Crippen LogP contribution in [0, 0.1) is 6.92 Å². The highest BCUT2D eigenvalue weighted by atomic mass is 35.5. The molecule has 0 radical (unpaired) electrons. The molecule has 2 aromatic rings. The second-order valence-electron chi connectivity index (χ2n) is 2.08. The number of hydrogen-bond acceptors (Lipinski definition) is 5. The van der Waals surface area contributed by atoms with Gasteiger partial charge in [-0.15, -0.1) is 5.10 Å². The van der Waals surface area contributed by atoms with E-state index in [1.54, 1.807) is 13.1 Å². The lowest BCUT2D eigenvalue weighted by molar-refractivity contribution is 0.774. The largest absolute Gasteiger partial charge is 0.225 e. The molecule has 2 aromatic heterocycles. The van der Waals surface area contributed by atoms with E-state index in [0.29, 0.717) is 15.3 Å². The zero-order valence-electron chi connectivity index (χ0n) is 6.10. The van der Waals surface area contributed by atoms with E-state index in [0.717, 1.165) is 0 Å². The van der Waals surface area contributed by atoms with Gasteiger partial charge in [0, 0.05) is 0 Å². The summed E-state index contributed by atoms with van der Waals surface area (Å²) in [5.41, 5.74) is 0. The van der Waals surface area contributed by atoms with Crippen molar-refractivity contribution in [3.63, 3.8) is 0 Å². The summed E-state index contributed by atoms with van der Waals surface area (Å²) in [6.07, 6.45) is 1.57. The van der Waals surface area contributed by atoms with Gasteiger partial charge in [-0.2, -0.15) is 4.68 Å². The highest BCUT2D eigenvalue weighted by Gasteiger charge is 2.06. The minimum atomic E-state index is 0.625. The van der Waals surface area contributed by atoms with Crippen LogP contribution in [0.15, 0.2) is 6.20 Å². The molecule has 2 rings (SSSR count). The molecule has 0 aliphatic rings. The first-order valence-corrected chi connectivity index (χ1v) is 4.33. The number of aryl methyl sites for hydroxylation is 1. The maximum absolute atomic E-state index is 5.70. The zero-order valence-corrected chi connectivity index (χ0v) is 7.67. The predicted molar refractivity (Wildman–Crippen MR) is 44.6 cm³/mol. The molecule has 0 atom stereocenters. The fourth-order valence-electron chi connectivity index (χ4n) is 0.752. The van der Waals surface area contributed by atoms with E-state index in [-0.39, 0.29) is 0 Å². The van der Waals surface area contributed by atoms with Gasteiger partial charge in [0.15, 0.2) is 5.82 Å². The van der Waals surface area contributed by atoms with Gasteiger partial charge in [0.1, 0.15) is 4.34 Å². The van der Waals surface area contributed by atoms with Gasteiger partial charge in [-0.3, -0.25) is 0 Å². The Bertz CT molecular complexity index is 394. The molecule has 0 bridgehead atoms. The van der Waals surface area contributed by atoms with Crippen LogP contribution < -0.4 is 0 Å². The van der Waals surface area contributed by atoms with Gasteiger partial charge in [-0.1, -0.05) is 22.9 Å². The summed E-state index contributed by atoms with van der Waals surface area (Å²) in [6.45, 7) is 1.80. The Labute approximate surface area is 77.0 Å². The van der Waals surface area contributed by atoms with E-state index in [9.17, 15) is 0 Å². The molecule has 0 spiro atoms. The van der Waals surface area contributed by atoms with E-state index in [1.807, 2.05) is 0 Å². The maximum atomic E-state index is 5.70. The van der Waals surface area contributed by atoms with E-state index >= 15 is 0 Å². The maximum Gasteiger partial charge on any atom is 0.215 e. The van der Waals surface area contributed by atoms with Crippen molar-refractivity contribution in [1.82, 2.24) is 25.2 Å². The second kappa shape index (κ2) is 2.80. The second-order valence-corrected chi connectivity index (χ2v) is 3.73. The van der Waals surface area contributed by atoms with Crippen molar-refractivity contribution in [3.05, 3.63) is 16.4 Å². The van der Waals surface area contributed by atoms with Crippen LogP contribution in [0.3, 0.4) is 0 Å². The van der Waals surface area contributed by atoms with E-state index in [2.05, 4.69) is 20.5 Å². The molecule has 2 heterocycles.